The van der Waals surface area contributed by atoms with Crippen LogP contribution in [-0.4, -0.2) is 4.55 Å². The molecule has 80 valence electrons. The molecule has 2 aromatic rings. The Labute approximate surface area is 98.6 Å². The minimum absolute atomic E-state index is 0.828. The fraction of sp³-hybridized carbons (Fsp3) is 0. The van der Waals surface area contributed by atoms with Gasteiger partial charge in [0.05, 0.1) is 0 Å². The summed E-state index contributed by atoms with van der Waals surface area (Å²) >= 11 is -1.06. The number of hydrogen-bond donors (Lipinski definition) is 0. The molecule has 0 radical (unpaired) electrons. The van der Waals surface area contributed by atoms with E-state index >= 15 is 0 Å². The molecule has 0 amide bonds. The molecule has 0 saturated heterocycles. The summed E-state index contributed by atoms with van der Waals surface area (Å²) in [6.45, 7) is 0. The van der Waals surface area contributed by atoms with E-state index in [1.54, 1.807) is 5.41 Å². The molecular formula is C14H12OS. The average molecular weight is 228 g/mol. The van der Waals surface area contributed by atoms with Crippen LogP contribution in [0.4, 0.5) is 0 Å². The summed E-state index contributed by atoms with van der Waals surface area (Å²) < 4.78 is 11.8. The molecule has 1 atom stereocenters. The van der Waals surface area contributed by atoms with Crippen LogP contribution >= 0.6 is 0 Å². The minimum atomic E-state index is -1.06. The first-order valence-electron chi connectivity index (χ1n) is 5.05. The highest BCUT2D eigenvalue weighted by Crippen LogP contribution is 2.13. The van der Waals surface area contributed by atoms with E-state index in [1.807, 2.05) is 66.7 Å². The maximum Gasteiger partial charge on any atom is 0.157 e. The Morgan fingerprint density at radius 3 is 2.00 bits per heavy atom. The zero-order valence-electron chi connectivity index (χ0n) is 8.74. The SMILES string of the molecule is [O-][S+](/C=C/c1ccccc1)c1ccccc1. The van der Waals surface area contributed by atoms with Gasteiger partial charge in [-0.15, -0.1) is 0 Å². The molecule has 2 aromatic carbocycles. The van der Waals surface area contributed by atoms with Gasteiger partial charge in [0, 0.05) is 11.2 Å². The second-order valence-electron chi connectivity index (χ2n) is 3.32. The van der Waals surface area contributed by atoms with Crippen LogP contribution in [0.5, 0.6) is 0 Å². The van der Waals surface area contributed by atoms with Crippen molar-refractivity contribution in [3.63, 3.8) is 0 Å². The molecule has 0 aliphatic carbocycles. The highest BCUT2D eigenvalue weighted by atomic mass is 32.2. The normalized spacial score (nSPS) is 12.8. The summed E-state index contributed by atoms with van der Waals surface area (Å²) in [4.78, 5) is 0.828. The monoisotopic (exact) mass is 228 g/mol. The lowest BCUT2D eigenvalue weighted by atomic mass is 10.2. The van der Waals surface area contributed by atoms with E-state index < -0.39 is 11.2 Å². The molecule has 0 bridgehead atoms. The Morgan fingerprint density at radius 2 is 1.38 bits per heavy atom. The van der Waals surface area contributed by atoms with Crippen LogP contribution in [-0.2, 0) is 11.2 Å². The van der Waals surface area contributed by atoms with Crippen LogP contribution in [0.1, 0.15) is 5.56 Å². The lowest BCUT2D eigenvalue weighted by Crippen LogP contribution is -1.95. The van der Waals surface area contributed by atoms with Gasteiger partial charge in [0.15, 0.2) is 4.90 Å². The van der Waals surface area contributed by atoms with Gasteiger partial charge in [0.1, 0.15) is 5.41 Å². The molecule has 0 aliphatic heterocycles. The van der Waals surface area contributed by atoms with Gasteiger partial charge in [-0.1, -0.05) is 48.5 Å². The highest BCUT2D eigenvalue weighted by molar-refractivity contribution is 7.94. The highest BCUT2D eigenvalue weighted by Gasteiger charge is 2.04. The molecule has 2 heteroatoms. The largest absolute Gasteiger partial charge is 0.607 e. The van der Waals surface area contributed by atoms with E-state index in [4.69, 9.17) is 0 Å². The maximum absolute atomic E-state index is 11.8. The minimum Gasteiger partial charge on any atom is -0.607 e. The summed E-state index contributed by atoms with van der Waals surface area (Å²) in [5, 5.41) is 1.71. The Balaban J connectivity index is 2.08. The standard InChI is InChI=1S/C14H12OS/c15-16(14-9-5-2-6-10-14)12-11-13-7-3-1-4-8-13/h1-12H/b12-11+. The van der Waals surface area contributed by atoms with Crippen molar-refractivity contribution in [1.82, 2.24) is 0 Å². The molecular weight excluding hydrogens is 216 g/mol. The van der Waals surface area contributed by atoms with Crippen LogP contribution in [0.2, 0.25) is 0 Å². The van der Waals surface area contributed by atoms with Crippen molar-refractivity contribution in [2.24, 2.45) is 0 Å². The molecule has 0 N–H and O–H groups in total. The lowest BCUT2D eigenvalue weighted by molar-refractivity contribution is 0.604. The Morgan fingerprint density at radius 1 is 0.812 bits per heavy atom. The molecule has 0 fully saturated rings. The molecule has 0 spiro atoms. The first-order chi connectivity index (χ1) is 7.86. The van der Waals surface area contributed by atoms with E-state index in [0.717, 1.165) is 10.5 Å². The maximum atomic E-state index is 11.8. The second kappa shape index (κ2) is 5.54. The lowest BCUT2D eigenvalue weighted by Gasteiger charge is -2.03. The third kappa shape index (κ3) is 2.99. The number of hydrogen-bond acceptors (Lipinski definition) is 1. The van der Waals surface area contributed by atoms with E-state index in [0.29, 0.717) is 0 Å². The predicted octanol–water partition coefficient (Wildman–Crippen LogP) is 3.47. The van der Waals surface area contributed by atoms with Crippen molar-refractivity contribution in [2.75, 3.05) is 0 Å². The van der Waals surface area contributed by atoms with Crippen LogP contribution in [0.3, 0.4) is 0 Å². The topological polar surface area (TPSA) is 23.1 Å². The Hall–Kier alpha value is -1.51. The number of rotatable bonds is 3. The van der Waals surface area contributed by atoms with Crippen LogP contribution in [0.25, 0.3) is 6.08 Å². The van der Waals surface area contributed by atoms with Crippen LogP contribution < -0.4 is 0 Å². The summed E-state index contributed by atoms with van der Waals surface area (Å²) in [6, 6.07) is 19.3. The summed E-state index contributed by atoms with van der Waals surface area (Å²) in [5.74, 6) is 0. The third-order valence-electron chi connectivity index (χ3n) is 2.16. The van der Waals surface area contributed by atoms with Gasteiger partial charge >= 0.3 is 0 Å². The van der Waals surface area contributed by atoms with Crippen molar-refractivity contribution >= 4 is 17.3 Å². The van der Waals surface area contributed by atoms with Gasteiger partial charge in [-0.05, 0) is 23.8 Å². The van der Waals surface area contributed by atoms with Gasteiger partial charge in [0.25, 0.3) is 0 Å². The molecule has 0 heterocycles. The van der Waals surface area contributed by atoms with Gasteiger partial charge in [-0.2, -0.15) is 0 Å². The Kier molecular flexibility index (Phi) is 3.81. The van der Waals surface area contributed by atoms with Gasteiger partial charge in [-0.25, -0.2) is 0 Å². The smallest absolute Gasteiger partial charge is 0.157 e. The van der Waals surface area contributed by atoms with Crippen molar-refractivity contribution in [1.29, 1.82) is 0 Å². The molecule has 1 unspecified atom stereocenters. The zero-order valence-corrected chi connectivity index (χ0v) is 9.56. The summed E-state index contributed by atoms with van der Waals surface area (Å²) in [7, 11) is 0. The van der Waals surface area contributed by atoms with E-state index in [2.05, 4.69) is 0 Å². The van der Waals surface area contributed by atoms with E-state index in [9.17, 15) is 4.55 Å². The molecule has 0 saturated carbocycles. The van der Waals surface area contributed by atoms with Gasteiger partial charge in [-0.3, -0.25) is 0 Å². The van der Waals surface area contributed by atoms with Crippen molar-refractivity contribution in [2.45, 2.75) is 4.90 Å². The quantitative estimate of drug-likeness (QED) is 0.738. The van der Waals surface area contributed by atoms with Gasteiger partial charge in [0.2, 0.25) is 0 Å². The van der Waals surface area contributed by atoms with Crippen molar-refractivity contribution < 1.29 is 4.55 Å². The fourth-order valence-corrected chi connectivity index (χ4v) is 2.20. The molecule has 16 heavy (non-hydrogen) atoms. The van der Waals surface area contributed by atoms with Crippen molar-refractivity contribution in [3.05, 3.63) is 71.6 Å². The second-order valence-corrected chi connectivity index (χ2v) is 4.66. The summed E-state index contributed by atoms with van der Waals surface area (Å²) in [5.41, 5.74) is 1.06. The van der Waals surface area contributed by atoms with E-state index in [-0.39, 0.29) is 0 Å². The molecule has 0 aliphatic rings. The Bertz CT molecular complexity index is 451. The number of benzene rings is 2. The van der Waals surface area contributed by atoms with Gasteiger partial charge < -0.3 is 4.55 Å². The first-order valence-corrected chi connectivity index (χ1v) is 6.26. The average Bonchev–Trinajstić information content (AvgIpc) is 2.38. The van der Waals surface area contributed by atoms with Crippen LogP contribution in [0.15, 0.2) is 71.0 Å². The van der Waals surface area contributed by atoms with E-state index in [1.165, 1.54) is 0 Å². The molecule has 2 rings (SSSR count). The fourth-order valence-electron chi connectivity index (χ4n) is 1.34. The van der Waals surface area contributed by atoms with Crippen LogP contribution in [0, 0.1) is 0 Å². The zero-order chi connectivity index (χ0) is 11.2. The molecule has 1 nitrogen and oxygen atoms in total. The molecule has 0 aromatic heterocycles. The third-order valence-corrected chi connectivity index (χ3v) is 3.28. The predicted molar refractivity (Wildman–Crippen MR) is 68.3 cm³/mol. The van der Waals surface area contributed by atoms with Crippen molar-refractivity contribution in [3.8, 4) is 0 Å². The first kappa shape index (κ1) is 11.0. The summed E-state index contributed by atoms with van der Waals surface area (Å²) in [6.07, 6.45) is 1.88.